The zero-order valence-corrected chi connectivity index (χ0v) is 38.4. The van der Waals surface area contributed by atoms with Gasteiger partial charge in [0.1, 0.15) is 5.82 Å². The third-order valence-electron chi connectivity index (χ3n) is 14.7. The van der Waals surface area contributed by atoms with Crippen LogP contribution in [0.3, 0.4) is 0 Å². The largest absolute Gasteiger partial charge is 0.294 e. The zero-order valence-electron chi connectivity index (χ0n) is 38.4. The van der Waals surface area contributed by atoms with Crippen molar-refractivity contribution >= 4 is 109 Å². The van der Waals surface area contributed by atoms with Crippen LogP contribution in [0.5, 0.6) is 0 Å². The number of para-hydroxylation sites is 6. The Hall–Kier alpha value is -9.99. The Morgan fingerprint density at radius 2 is 0.653 bits per heavy atom. The van der Waals surface area contributed by atoms with Crippen molar-refractivity contribution in [3.8, 4) is 34.8 Å². The number of rotatable bonds is 5. The molecule has 0 aliphatic rings. The maximum Gasteiger partial charge on any atom is 0.241 e. The second-order valence-electron chi connectivity index (χ2n) is 18.5. The molecule has 9 heteroatoms. The van der Waals surface area contributed by atoms with Gasteiger partial charge in [-0.05, 0) is 83.9 Å². The van der Waals surface area contributed by atoms with Crippen LogP contribution in [0, 0.1) is 0 Å². The number of nitrogens with zero attached hydrogens (tertiary/aromatic N) is 9. The fourth-order valence-corrected chi connectivity index (χ4v) is 11.6. The van der Waals surface area contributed by atoms with Gasteiger partial charge in [0.25, 0.3) is 0 Å². The van der Waals surface area contributed by atoms with Gasteiger partial charge in [0, 0.05) is 60.1 Å². The third-order valence-corrected chi connectivity index (χ3v) is 14.7. The second kappa shape index (κ2) is 14.8. The molecule has 0 spiro atoms. The first kappa shape index (κ1) is 38.9. The van der Waals surface area contributed by atoms with Gasteiger partial charge in [0.15, 0.2) is 0 Å². The monoisotopic (exact) mass is 919 g/mol. The number of hydrogen-bond acceptors (Lipinski definition) is 5. The predicted molar refractivity (Wildman–Crippen MR) is 293 cm³/mol. The molecule has 0 fully saturated rings. The van der Waals surface area contributed by atoms with Gasteiger partial charge in [-0.3, -0.25) is 23.3 Å². The molecule has 0 aliphatic carbocycles. The van der Waals surface area contributed by atoms with Gasteiger partial charge in [0.2, 0.25) is 17.8 Å². The van der Waals surface area contributed by atoms with E-state index in [1.54, 1.807) is 0 Å². The summed E-state index contributed by atoms with van der Waals surface area (Å²) in [6.45, 7) is 0. The molecular weight excluding hydrogens is 883 g/mol. The van der Waals surface area contributed by atoms with Gasteiger partial charge >= 0.3 is 0 Å². The standard InChI is InChI=1S/C63H37N9/c1-2-17-38(18-3-1)47-35-39-32-33-58(65-59(39)60-46(47)25-16-34-64-60)69-50-26-10-8-23-44(50)48-37-57-49(36-56(48)69)45-24-9-15-31-55(45)72(57)63-67-61(70-51-27-11-4-19-40(51)41-20-5-12-28-52(41)70)66-62(68-63)71-53-29-13-6-21-42(53)43-22-7-14-30-54(43)71/h1-37H. The fourth-order valence-electron chi connectivity index (χ4n) is 11.6. The highest BCUT2D eigenvalue weighted by Gasteiger charge is 2.25. The molecule has 16 rings (SSSR count). The first-order valence-corrected chi connectivity index (χ1v) is 24.2. The molecule has 0 aliphatic heterocycles. The minimum absolute atomic E-state index is 0.512. The summed E-state index contributed by atoms with van der Waals surface area (Å²) in [6, 6.07) is 77.1. The zero-order chi connectivity index (χ0) is 47.0. The molecule has 7 heterocycles. The van der Waals surface area contributed by atoms with Crippen LogP contribution in [0.4, 0.5) is 0 Å². The maximum atomic E-state index is 5.53. The topological polar surface area (TPSA) is 84.2 Å². The number of aromatic nitrogens is 9. The molecule has 9 nitrogen and oxygen atoms in total. The first-order valence-electron chi connectivity index (χ1n) is 24.2. The smallest absolute Gasteiger partial charge is 0.241 e. The molecule has 334 valence electrons. The molecule has 72 heavy (non-hydrogen) atoms. The Bertz CT molecular complexity index is 4700. The molecule has 0 atom stereocenters. The van der Waals surface area contributed by atoms with Crippen LogP contribution >= 0.6 is 0 Å². The predicted octanol–water partition coefficient (Wildman–Crippen LogP) is 15.0. The van der Waals surface area contributed by atoms with Crippen molar-refractivity contribution in [2.45, 2.75) is 0 Å². The Morgan fingerprint density at radius 3 is 1.14 bits per heavy atom. The van der Waals surface area contributed by atoms with E-state index >= 15 is 0 Å². The van der Waals surface area contributed by atoms with E-state index in [1.807, 2.05) is 12.3 Å². The van der Waals surface area contributed by atoms with Crippen LogP contribution in [-0.2, 0) is 0 Å². The van der Waals surface area contributed by atoms with Crippen molar-refractivity contribution in [3.63, 3.8) is 0 Å². The minimum atomic E-state index is 0.512. The van der Waals surface area contributed by atoms with Crippen LogP contribution in [0.25, 0.3) is 144 Å². The number of hydrogen-bond donors (Lipinski definition) is 0. The Morgan fingerprint density at radius 1 is 0.264 bits per heavy atom. The van der Waals surface area contributed by atoms with Crippen molar-refractivity contribution in [2.24, 2.45) is 0 Å². The minimum Gasteiger partial charge on any atom is -0.294 e. The first-order chi connectivity index (χ1) is 35.7. The van der Waals surface area contributed by atoms with E-state index in [0.29, 0.717) is 17.8 Å². The lowest BCUT2D eigenvalue weighted by molar-refractivity contribution is 0.848. The van der Waals surface area contributed by atoms with Gasteiger partial charge in [-0.15, -0.1) is 0 Å². The summed E-state index contributed by atoms with van der Waals surface area (Å²) in [5.74, 6) is 2.38. The van der Waals surface area contributed by atoms with Crippen molar-refractivity contribution in [1.29, 1.82) is 0 Å². The second-order valence-corrected chi connectivity index (χ2v) is 18.5. The highest BCUT2D eigenvalue weighted by Crippen LogP contribution is 2.41. The number of pyridine rings is 2. The average molecular weight is 920 g/mol. The van der Waals surface area contributed by atoms with Gasteiger partial charge < -0.3 is 0 Å². The van der Waals surface area contributed by atoms with Crippen molar-refractivity contribution in [3.05, 3.63) is 225 Å². The van der Waals surface area contributed by atoms with Crippen LogP contribution < -0.4 is 0 Å². The Kier molecular flexibility index (Phi) is 7.98. The third kappa shape index (κ3) is 5.44. The fraction of sp³-hybridized carbons (Fsp3) is 0. The molecule has 0 N–H and O–H groups in total. The molecular formula is C63H37N9. The van der Waals surface area contributed by atoms with Gasteiger partial charge in [-0.1, -0.05) is 146 Å². The molecule has 0 radical (unpaired) electrons. The molecule has 0 unspecified atom stereocenters. The average Bonchev–Trinajstić information content (AvgIpc) is 4.17. The van der Waals surface area contributed by atoms with E-state index in [1.165, 1.54) is 0 Å². The maximum absolute atomic E-state index is 5.53. The van der Waals surface area contributed by atoms with Gasteiger partial charge in [-0.25, -0.2) is 4.98 Å². The summed E-state index contributed by atoms with van der Waals surface area (Å²) in [5.41, 5.74) is 12.2. The van der Waals surface area contributed by atoms with Gasteiger partial charge in [0.05, 0.1) is 55.2 Å². The van der Waals surface area contributed by atoms with Crippen LogP contribution in [-0.4, -0.2) is 43.2 Å². The summed E-state index contributed by atoms with van der Waals surface area (Å²) >= 11 is 0. The number of fused-ring (bicyclic) bond motifs is 15. The number of benzene rings is 9. The molecule has 0 saturated heterocycles. The van der Waals surface area contributed by atoms with E-state index in [4.69, 9.17) is 24.9 Å². The lowest BCUT2D eigenvalue weighted by Crippen LogP contribution is -2.13. The molecule has 9 aromatic carbocycles. The summed E-state index contributed by atoms with van der Waals surface area (Å²) in [7, 11) is 0. The van der Waals surface area contributed by atoms with E-state index in [-0.39, 0.29) is 0 Å². The SMILES string of the molecule is c1ccc(-c2cc3ccc(-n4c5ccccc5c5cc6c(cc54)c4ccccc4n6-c4nc(-n5c6ccccc6c6ccccc65)nc(-n5c6ccccc6c6ccccc65)n4)nc3c3ncccc23)cc1. The quantitative estimate of drug-likeness (QED) is 0.161. The van der Waals surface area contributed by atoms with Gasteiger partial charge in [-0.2, -0.15) is 15.0 Å². The van der Waals surface area contributed by atoms with Crippen molar-refractivity contribution in [2.75, 3.05) is 0 Å². The molecule has 0 saturated carbocycles. The molecule has 7 aromatic heterocycles. The Balaban J connectivity index is 0.983. The lowest BCUT2D eigenvalue weighted by Gasteiger charge is -2.14. The normalized spacial score (nSPS) is 12.2. The van der Waals surface area contributed by atoms with Crippen LogP contribution in [0.15, 0.2) is 225 Å². The Labute approximate surface area is 409 Å². The summed E-state index contributed by atoms with van der Waals surface area (Å²) < 4.78 is 8.90. The van der Waals surface area contributed by atoms with E-state index in [0.717, 1.165) is 126 Å². The molecule has 0 amide bonds. The highest BCUT2D eigenvalue weighted by atomic mass is 15.3. The lowest BCUT2D eigenvalue weighted by atomic mass is 9.98. The molecule has 0 bridgehead atoms. The van der Waals surface area contributed by atoms with E-state index in [9.17, 15) is 0 Å². The summed E-state index contributed by atoms with van der Waals surface area (Å²) in [5, 5.41) is 11.0. The van der Waals surface area contributed by atoms with Crippen LogP contribution in [0.1, 0.15) is 0 Å². The molecule has 16 aromatic rings. The highest BCUT2D eigenvalue weighted by molar-refractivity contribution is 6.19. The summed E-state index contributed by atoms with van der Waals surface area (Å²) in [6.07, 6.45) is 1.86. The van der Waals surface area contributed by atoms with E-state index < -0.39 is 0 Å². The van der Waals surface area contributed by atoms with Crippen molar-refractivity contribution < 1.29 is 0 Å². The van der Waals surface area contributed by atoms with Crippen LogP contribution in [0.2, 0.25) is 0 Å². The summed E-state index contributed by atoms with van der Waals surface area (Å²) in [4.78, 5) is 27.0. The van der Waals surface area contributed by atoms with Crippen molar-refractivity contribution in [1.82, 2.24) is 43.2 Å². The van der Waals surface area contributed by atoms with E-state index in [2.05, 4.69) is 231 Å².